The third-order valence-electron chi connectivity index (χ3n) is 2.82. The third kappa shape index (κ3) is 5.53. The Morgan fingerprint density at radius 1 is 1.27 bits per heavy atom. The number of aliphatic hydroxyl groups excluding tert-OH is 1. The normalized spacial score (nSPS) is 11.1. The van der Waals surface area contributed by atoms with Gasteiger partial charge in [-0.1, -0.05) is 12.1 Å². The Labute approximate surface area is 127 Å². The Kier molecular flexibility index (Phi) is 7.04. The molecule has 0 saturated carbocycles. The number of hydrogen-bond donors (Lipinski definition) is 1. The summed E-state index contributed by atoms with van der Waals surface area (Å²) in [7, 11) is 2.58. The number of ether oxygens (including phenoxy) is 2. The quantitative estimate of drug-likeness (QED) is 0.468. The van der Waals surface area contributed by atoms with Crippen molar-refractivity contribution in [3.05, 3.63) is 47.5 Å². The summed E-state index contributed by atoms with van der Waals surface area (Å²) in [5, 5.41) is 9.42. The van der Waals surface area contributed by atoms with Gasteiger partial charge in [-0.3, -0.25) is 4.79 Å². The van der Waals surface area contributed by atoms with Crippen LogP contribution in [0.4, 0.5) is 4.39 Å². The zero-order chi connectivity index (χ0) is 16.5. The number of aliphatic hydroxyl groups is 1. The lowest BCUT2D eigenvalue weighted by atomic mass is 10.2. The first kappa shape index (κ1) is 17.6. The predicted octanol–water partition coefficient (Wildman–Crippen LogP) is 1.42. The molecule has 0 spiro atoms. The minimum Gasteiger partial charge on any atom is -0.502 e. The molecule has 0 saturated heterocycles. The summed E-state index contributed by atoms with van der Waals surface area (Å²) in [4.78, 5) is 24.6. The minimum absolute atomic E-state index is 0.188. The topological polar surface area (TPSA) is 76.1 Å². The van der Waals surface area contributed by atoms with E-state index in [4.69, 9.17) is 4.74 Å². The van der Waals surface area contributed by atoms with E-state index in [1.807, 2.05) is 0 Å². The standard InChI is InChI=1S/C15H18FNO5/c1-21-8-7-17(10-11-3-5-12(16)6-4-11)14(19)9-13(18)15(20)22-2/h3-6,9,18H,7-8,10H2,1-2H3/b13-9-. The van der Waals surface area contributed by atoms with Gasteiger partial charge in [0.2, 0.25) is 5.76 Å². The largest absolute Gasteiger partial charge is 0.502 e. The number of esters is 1. The number of rotatable bonds is 7. The number of hydrogen-bond acceptors (Lipinski definition) is 5. The number of benzene rings is 1. The van der Waals surface area contributed by atoms with Gasteiger partial charge in [-0.05, 0) is 17.7 Å². The van der Waals surface area contributed by atoms with E-state index in [1.165, 1.54) is 24.1 Å². The molecule has 0 aliphatic heterocycles. The smallest absolute Gasteiger partial charge is 0.373 e. The number of nitrogens with zero attached hydrogens (tertiary/aromatic N) is 1. The van der Waals surface area contributed by atoms with Crippen LogP contribution < -0.4 is 0 Å². The van der Waals surface area contributed by atoms with Crippen molar-refractivity contribution < 1.29 is 28.6 Å². The van der Waals surface area contributed by atoms with Gasteiger partial charge in [-0.15, -0.1) is 0 Å². The number of halogens is 1. The van der Waals surface area contributed by atoms with Crippen molar-refractivity contribution in [1.82, 2.24) is 4.90 Å². The number of methoxy groups -OCH3 is 2. The molecule has 22 heavy (non-hydrogen) atoms. The van der Waals surface area contributed by atoms with Crippen molar-refractivity contribution in [3.63, 3.8) is 0 Å². The molecule has 0 aromatic heterocycles. The van der Waals surface area contributed by atoms with Crippen molar-refractivity contribution in [2.75, 3.05) is 27.4 Å². The van der Waals surface area contributed by atoms with Gasteiger partial charge in [0.25, 0.3) is 5.91 Å². The van der Waals surface area contributed by atoms with Crippen LogP contribution in [0.1, 0.15) is 5.56 Å². The van der Waals surface area contributed by atoms with E-state index >= 15 is 0 Å². The monoisotopic (exact) mass is 311 g/mol. The van der Waals surface area contributed by atoms with Crippen molar-refractivity contribution in [3.8, 4) is 0 Å². The lowest BCUT2D eigenvalue weighted by molar-refractivity contribution is -0.139. The van der Waals surface area contributed by atoms with Crippen LogP contribution in [0.2, 0.25) is 0 Å². The summed E-state index contributed by atoms with van der Waals surface area (Å²) in [5.74, 6) is -2.73. The average molecular weight is 311 g/mol. The first-order valence-corrected chi connectivity index (χ1v) is 6.49. The maximum Gasteiger partial charge on any atom is 0.373 e. The fraction of sp³-hybridized carbons (Fsp3) is 0.333. The average Bonchev–Trinajstić information content (AvgIpc) is 2.52. The van der Waals surface area contributed by atoms with Crippen molar-refractivity contribution in [1.29, 1.82) is 0 Å². The zero-order valence-corrected chi connectivity index (χ0v) is 12.4. The highest BCUT2D eigenvalue weighted by Crippen LogP contribution is 2.08. The summed E-state index contributed by atoms with van der Waals surface area (Å²) >= 11 is 0. The highest BCUT2D eigenvalue weighted by molar-refractivity contribution is 5.96. The molecule has 1 aromatic carbocycles. The molecule has 1 N–H and O–H groups in total. The molecular weight excluding hydrogens is 293 g/mol. The van der Waals surface area contributed by atoms with Crippen molar-refractivity contribution in [2.24, 2.45) is 0 Å². The van der Waals surface area contributed by atoms with Crippen LogP contribution in [0.25, 0.3) is 0 Å². The summed E-state index contributed by atoms with van der Waals surface area (Å²) in [5.41, 5.74) is 0.705. The predicted molar refractivity (Wildman–Crippen MR) is 76.4 cm³/mol. The van der Waals surface area contributed by atoms with Gasteiger partial charge in [-0.2, -0.15) is 0 Å². The molecule has 0 heterocycles. The van der Waals surface area contributed by atoms with Gasteiger partial charge in [0.15, 0.2) is 0 Å². The lowest BCUT2D eigenvalue weighted by Crippen LogP contribution is -2.32. The van der Waals surface area contributed by atoms with Crippen LogP contribution >= 0.6 is 0 Å². The Balaban J connectivity index is 2.85. The van der Waals surface area contributed by atoms with E-state index in [-0.39, 0.29) is 25.5 Å². The van der Waals surface area contributed by atoms with E-state index in [9.17, 15) is 19.1 Å². The molecule has 6 nitrogen and oxygen atoms in total. The SMILES string of the molecule is COCCN(Cc1ccc(F)cc1)C(=O)/C=C(\O)C(=O)OC. The van der Waals surface area contributed by atoms with Crippen molar-refractivity contribution in [2.45, 2.75) is 6.54 Å². The molecule has 0 atom stereocenters. The van der Waals surface area contributed by atoms with E-state index in [0.717, 1.165) is 13.2 Å². The van der Waals surface area contributed by atoms with Crippen LogP contribution in [0.3, 0.4) is 0 Å². The Morgan fingerprint density at radius 2 is 1.91 bits per heavy atom. The fourth-order valence-electron chi connectivity index (χ4n) is 1.65. The maximum absolute atomic E-state index is 12.9. The Morgan fingerprint density at radius 3 is 2.45 bits per heavy atom. The van der Waals surface area contributed by atoms with Gasteiger partial charge in [-0.25, -0.2) is 9.18 Å². The van der Waals surface area contributed by atoms with Crippen LogP contribution in [-0.4, -0.2) is 49.3 Å². The molecule has 1 amide bonds. The van der Waals surface area contributed by atoms with Gasteiger partial charge >= 0.3 is 5.97 Å². The lowest BCUT2D eigenvalue weighted by Gasteiger charge is -2.21. The van der Waals surface area contributed by atoms with E-state index in [1.54, 1.807) is 12.1 Å². The van der Waals surface area contributed by atoms with Crippen LogP contribution in [0.5, 0.6) is 0 Å². The van der Waals surface area contributed by atoms with Gasteiger partial charge in [0.1, 0.15) is 5.82 Å². The van der Waals surface area contributed by atoms with E-state index in [0.29, 0.717) is 5.56 Å². The Hall–Kier alpha value is -2.41. The molecular formula is C15H18FNO5. The number of carbonyl (C=O) groups is 2. The third-order valence-corrected chi connectivity index (χ3v) is 2.82. The second-order valence-electron chi connectivity index (χ2n) is 4.40. The van der Waals surface area contributed by atoms with E-state index in [2.05, 4.69) is 4.74 Å². The summed E-state index contributed by atoms with van der Waals surface area (Å²) in [6, 6.07) is 5.67. The van der Waals surface area contributed by atoms with E-state index < -0.39 is 17.6 Å². The molecule has 0 aliphatic rings. The zero-order valence-electron chi connectivity index (χ0n) is 12.4. The highest BCUT2D eigenvalue weighted by Gasteiger charge is 2.16. The molecule has 1 rings (SSSR count). The molecule has 0 unspecified atom stereocenters. The second-order valence-corrected chi connectivity index (χ2v) is 4.40. The summed E-state index contributed by atoms with van der Waals surface area (Å²) < 4.78 is 22.1. The molecule has 0 radical (unpaired) electrons. The van der Waals surface area contributed by atoms with Crippen molar-refractivity contribution >= 4 is 11.9 Å². The Bertz CT molecular complexity index is 541. The number of amides is 1. The molecule has 0 aliphatic carbocycles. The molecule has 0 bridgehead atoms. The minimum atomic E-state index is -0.998. The first-order chi connectivity index (χ1) is 10.5. The highest BCUT2D eigenvalue weighted by atomic mass is 19.1. The van der Waals surface area contributed by atoms with Gasteiger partial charge in [0.05, 0.1) is 19.8 Å². The van der Waals surface area contributed by atoms with Crippen LogP contribution in [0.15, 0.2) is 36.1 Å². The summed E-state index contributed by atoms with van der Waals surface area (Å²) in [6.45, 7) is 0.713. The fourth-order valence-corrected chi connectivity index (χ4v) is 1.65. The van der Waals surface area contributed by atoms with Crippen LogP contribution in [-0.2, 0) is 25.6 Å². The summed E-state index contributed by atoms with van der Waals surface area (Å²) in [6.07, 6.45) is 0.783. The van der Waals surface area contributed by atoms with Crippen LogP contribution in [0, 0.1) is 5.82 Å². The molecule has 1 aromatic rings. The van der Waals surface area contributed by atoms with Gasteiger partial charge in [0, 0.05) is 20.2 Å². The number of carbonyl (C=O) groups excluding carboxylic acids is 2. The maximum atomic E-state index is 12.9. The first-order valence-electron chi connectivity index (χ1n) is 6.49. The molecule has 0 fully saturated rings. The second kappa shape index (κ2) is 8.78. The molecule has 7 heteroatoms. The molecule has 120 valence electrons. The van der Waals surface area contributed by atoms with Gasteiger partial charge < -0.3 is 19.5 Å².